The minimum atomic E-state index is -3.16. The fourth-order valence-electron chi connectivity index (χ4n) is 3.70. The van der Waals surface area contributed by atoms with Gasteiger partial charge in [0.05, 0.1) is 15.9 Å². The number of carboxylic acids is 1. The smallest absolute Gasteiger partial charge is 0.310 e. The Kier molecular flexibility index (Phi) is 2.31. The minimum Gasteiger partial charge on any atom is -0.481 e. The van der Waals surface area contributed by atoms with Crippen molar-refractivity contribution in [3.63, 3.8) is 0 Å². The fourth-order valence-corrected chi connectivity index (χ4v) is 5.53. The van der Waals surface area contributed by atoms with E-state index in [2.05, 4.69) is 0 Å². The number of sulfone groups is 1. The molecule has 4 nitrogen and oxygen atoms in total. The molecule has 98 valence electrons. The van der Waals surface area contributed by atoms with Crippen molar-refractivity contribution in [2.75, 3.05) is 5.75 Å². The summed E-state index contributed by atoms with van der Waals surface area (Å²) >= 11 is 0. The second-order valence-electron chi connectivity index (χ2n) is 6.60. The summed E-state index contributed by atoms with van der Waals surface area (Å²) in [4.78, 5) is 11.6. The van der Waals surface area contributed by atoms with E-state index in [1.54, 1.807) is 13.8 Å². The van der Waals surface area contributed by atoms with Crippen LogP contribution in [0.1, 0.15) is 40.5 Å². The first-order chi connectivity index (χ1) is 7.49. The third-order valence-corrected chi connectivity index (χ3v) is 7.76. The molecule has 0 amide bonds. The maximum absolute atomic E-state index is 12.0. The molecule has 2 unspecified atom stereocenters. The Morgan fingerprint density at radius 1 is 1.24 bits per heavy atom. The zero-order valence-electron chi connectivity index (χ0n) is 10.8. The van der Waals surface area contributed by atoms with E-state index < -0.39 is 26.0 Å². The normalized spacial score (nSPS) is 41.1. The van der Waals surface area contributed by atoms with Gasteiger partial charge in [0, 0.05) is 0 Å². The number of carboxylic acid groups (broad SMARTS) is 1. The molecule has 17 heavy (non-hydrogen) atoms. The molecular weight excluding hydrogens is 240 g/mol. The Morgan fingerprint density at radius 3 is 1.94 bits per heavy atom. The van der Waals surface area contributed by atoms with Crippen molar-refractivity contribution in [2.45, 2.75) is 45.3 Å². The molecule has 1 heterocycles. The van der Waals surface area contributed by atoms with E-state index in [9.17, 15) is 18.3 Å². The molecule has 0 aromatic carbocycles. The van der Waals surface area contributed by atoms with Gasteiger partial charge in [-0.05, 0) is 38.0 Å². The Labute approximate surface area is 102 Å². The molecule has 0 aromatic rings. The lowest BCUT2D eigenvalue weighted by atomic mass is 9.74. The summed E-state index contributed by atoms with van der Waals surface area (Å²) in [6, 6.07) is 0. The predicted molar refractivity (Wildman–Crippen MR) is 64.4 cm³/mol. The van der Waals surface area contributed by atoms with Gasteiger partial charge < -0.3 is 5.11 Å². The third kappa shape index (κ3) is 1.35. The van der Waals surface area contributed by atoms with E-state index in [1.165, 1.54) is 0 Å². The van der Waals surface area contributed by atoms with Crippen molar-refractivity contribution < 1.29 is 18.3 Å². The molecule has 5 heteroatoms. The molecular formula is C12H20O4S. The Morgan fingerprint density at radius 2 is 1.71 bits per heavy atom. The van der Waals surface area contributed by atoms with E-state index in [1.807, 2.05) is 13.8 Å². The highest BCUT2D eigenvalue weighted by Crippen LogP contribution is 2.71. The largest absolute Gasteiger partial charge is 0.481 e. The van der Waals surface area contributed by atoms with Crippen LogP contribution in [-0.2, 0) is 14.6 Å². The topological polar surface area (TPSA) is 71.4 Å². The van der Waals surface area contributed by atoms with Crippen LogP contribution in [0, 0.1) is 16.7 Å². The molecule has 1 saturated carbocycles. The standard InChI is InChI=1S/C12H20O4S/c1-10(2)7-12(10,9(13)14)8-5-6-17(15,16)11(8,3)4/h8H,5-7H2,1-4H3,(H,13,14). The zero-order valence-corrected chi connectivity index (χ0v) is 11.6. The SMILES string of the molecule is CC1(C)CC1(C(=O)O)C1CCS(=O)(=O)C1(C)C. The summed E-state index contributed by atoms with van der Waals surface area (Å²) < 4.78 is 23.1. The molecule has 2 fully saturated rings. The molecule has 2 rings (SSSR count). The quantitative estimate of drug-likeness (QED) is 0.820. The molecule has 1 N–H and O–H groups in total. The number of aliphatic carboxylic acids is 1. The summed E-state index contributed by atoms with van der Waals surface area (Å²) in [5.41, 5.74) is -1.14. The van der Waals surface area contributed by atoms with Crippen LogP contribution in [0.5, 0.6) is 0 Å². The van der Waals surface area contributed by atoms with Crippen molar-refractivity contribution in [2.24, 2.45) is 16.7 Å². The highest BCUT2D eigenvalue weighted by Gasteiger charge is 2.75. The molecule has 0 radical (unpaired) electrons. The first-order valence-corrected chi connectivity index (χ1v) is 7.60. The van der Waals surface area contributed by atoms with Crippen molar-refractivity contribution >= 4 is 15.8 Å². The molecule has 2 aliphatic rings. The van der Waals surface area contributed by atoms with Crippen LogP contribution < -0.4 is 0 Å². The number of hydrogen-bond donors (Lipinski definition) is 1. The lowest BCUT2D eigenvalue weighted by Crippen LogP contribution is -2.43. The lowest BCUT2D eigenvalue weighted by Gasteiger charge is -2.32. The number of hydrogen-bond acceptors (Lipinski definition) is 3. The summed E-state index contributed by atoms with van der Waals surface area (Å²) in [6.07, 6.45) is 1.06. The molecule has 1 aliphatic carbocycles. The van der Waals surface area contributed by atoms with Gasteiger partial charge in [-0.3, -0.25) is 4.79 Å². The van der Waals surface area contributed by atoms with Gasteiger partial charge in [0.2, 0.25) is 0 Å². The average Bonchev–Trinajstić information content (AvgIpc) is 2.61. The van der Waals surface area contributed by atoms with E-state index in [0.29, 0.717) is 12.8 Å². The first-order valence-electron chi connectivity index (χ1n) is 5.95. The van der Waals surface area contributed by atoms with E-state index >= 15 is 0 Å². The van der Waals surface area contributed by atoms with Crippen LogP contribution in [0.25, 0.3) is 0 Å². The fraction of sp³-hybridized carbons (Fsp3) is 0.917. The van der Waals surface area contributed by atoms with Gasteiger partial charge in [-0.1, -0.05) is 13.8 Å². The first kappa shape index (κ1) is 12.9. The van der Waals surface area contributed by atoms with Gasteiger partial charge in [-0.25, -0.2) is 8.42 Å². The summed E-state index contributed by atoms with van der Waals surface area (Å²) in [7, 11) is -3.16. The van der Waals surface area contributed by atoms with E-state index in [4.69, 9.17) is 0 Å². The van der Waals surface area contributed by atoms with Gasteiger partial charge in [0.1, 0.15) is 0 Å². The third-order valence-electron chi connectivity index (χ3n) is 5.10. The van der Waals surface area contributed by atoms with Gasteiger partial charge in [0.25, 0.3) is 0 Å². The Bertz CT molecular complexity index is 475. The summed E-state index contributed by atoms with van der Waals surface area (Å²) in [5, 5.41) is 9.51. The average molecular weight is 260 g/mol. The van der Waals surface area contributed by atoms with E-state index in [-0.39, 0.29) is 17.1 Å². The van der Waals surface area contributed by atoms with E-state index in [0.717, 1.165) is 0 Å². The summed E-state index contributed by atoms with van der Waals surface area (Å²) in [5.74, 6) is -0.986. The van der Waals surface area contributed by atoms with Gasteiger partial charge >= 0.3 is 5.97 Å². The van der Waals surface area contributed by atoms with Crippen molar-refractivity contribution in [3.8, 4) is 0 Å². The molecule has 1 aliphatic heterocycles. The van der Waals surface area contributed by atoms with Gasteiger partial charge in [0.15, 0.2) is 9.84 Å². The summed E-state index contributed by atoms with van der Waals surface area (Å²) in [6.45, 7) is 7.20. The maximum Gasteiger partial charge on any atom is 0.310 e. The van der Waals surface area contributed by atoms with Gasteiger partial charge in [-0.2, -0.15) is 0 Å². The molecule has 0 bridgehead atoms. The highest BCUT2D eigenvalue weighted by molar-refractivity contribution is 7.93. The number of carbonyl (C=O) groups is 1. The minimum absolute atomic E-state index is 0.121. The van der Waals surface area contributed by atoms with Crippen molar-refractivity contribution in [3.05, 3.63) is 0 Å². The van der Waals surface area contributed by atoms with Crippen molar-refractivity contribution in [1.29, 1.82) is 0 Å². The van der Waals surface area contributed by atoms with Crippen LogP contribution in [0.4, 0.5) is 0 Å². The zero-order chi connectivity index (χ0) is 13.3. The van der Waals surface area contributed by atoms with Crippen LogP contribution >= 0.6 is 0 Å². The molecule has 0 aromatic heterocycles. The maximum atomic E-state index is 12.0. The Hall–Kier alpha value is -0.580. The van der Waals surface area contributed by atoms with Crippen LogP contribution in [0.15, 0.2) is 0 Å². The number of rotatable bonds is 2. The lowest BCUT2D eigenvalue weighted by molar-refractivity contribution is -0.148. The molecule has 0 spiro atoms. The highest BCUT2D eigenvalue weighted by atomic mass is 32.2. The monoisotopic (exact) mass is 260 g/mol. The second-order valence-corrected chi connectivity index (χ2v) is 9.29. The molecule has 2 atom stereocenters. The van der Waals surface area contributed by atoms with Crippen molar-refractivity contribution in [1.82, 2.24) is 0 Å². The van der Waals surface area contributed by atoms with Crippen LogP contribution in [-0.4, -0.2) is 30.0 Å². The Balaban J connectivity index is 2.47. The van der Waals surface area contributed by atoms with Crippen LogP contribution in [0.2, 0.25) is 0 Å². The van der Waals surface area contributed by atoms with Gasteiger partial charge in [-0.15, -0.1) is 0 Å². The predicted octanol–water partition coefficient (Wildman–Crippen LogP) is 1.70. The van der Waals surface area contributed by atoms with Crippen LogP contribution in [0.3, 0.4) is 0 Å². The molecule has 1 saturated heterocycles. The second kappa shape index (κ2) is 3.05.